The van der Waals surface area contributed by atoms with Crippen molar-refractivity contribution in [3.63, 3.8) is 0 Å². The van der Waals surface area contributed by atoms with Crippen LogP contribution < -0.4 is 5.10 Å². The van der Waals surface area contributed by atoms with E-state index in [4.69, 9.17) is 11.6 Å². The Morgan fingerprint density at radius 2 is 2.10 bits per heavy atom. The molecule has 2 nitrogen and oxygen atoms in total. The first kappa shape index (κ1) is 6.23. The van der Waals surface area contributed by atoms with E-state index < -0.39 is 0 Å². The number of hydrogen-bond acceptors (Lipinski definition) is 1. The van der Waals surface area contributed by atoms with Crippen LogP contribution in [-0.4, -0.2) is 5.10 Å². The molecule has 0 bridgehead atoms. The third kappa shape index (κ3) is 0.833. The Labute approximate surface area is 64.6 Å². The summed E-state index contributed by atoms with van der Waals surface area (Å²) in [4.78, 5) is 0. The zero-order chi connectivity index (χ0) is 6.97. The van der Waals surface area contributed by atoms with Gasteiger partial charge in [0.15, 0.2) is 0 Å². The van der Waals surface area contributed by atoms with Crippen molar-refractivity contribution < 1.29 is 0 Å². The lowest BCUT2D eigenvalue weighted by atomic mass is 9.99. The fourth-order valence-electron chi connectivity index (χ4n) is 1.39. The minimum Gasteiger partial charge on any atom is -0.565 e. The van der Waals surface area contributed by atoms with E-state index in [2.05, 4.69) is 10.2 Å². The van der Waals surface area contributed by atoms with Gasteiger partial charge in [-0.05, 0) is 36.4 Å². The van der Waals surface area contributed by atoms with Crippen molar-refractivity contribution in [1.82, 2.24) is 10.2 Å². The summed E-state index contributed by atoms with van der Waals surface area (Å²) in [5.74, 6) is 0. The second-order valence-corrected chi connectivity index (χ2v) is 2.98. The van der Waals surface area contributed by atoms with Crippen molar-refractivity contribution in [3.05, 3.63) is 16.4 Å². The second kappa shape index (κ2) is 2.27. The Hall–Kier alpha value is -0.500. The average Bonchev–Trinajstić information content (AvgIpc) is 2.34. The van der Waals surface area contributed by atoms with E-state index in [1.807, 2.05) is 0 Å². The Morgan fingerprint density at radius 3 is 2.90 bits per heavy atom. The molecular formula is C7H8ClN2-. The van der Waals surface area contributed by atoms with Gasteiger partial charge in [-0.15, -0.1) is 11.6 Å². The Morgan fingerprint density at radius 1 is 1.30 bits per heavy atom. The lowest BCUT2D eigenvalue weighted by Crippen LogP contribution is -2.00. The summed E-state index contributed by atoms with van der Waals surface area (Å²) in [6, 6.07) is 0. The van der Waals surface area contributed by atoms with Crippen LogP contribution in [0, 0.1) is 0 Å². The molecule has 1 aromatic rings. The fraction of sp³-hybridized carbons (Fsp3) is 0.571. The molecule has 1 aliphatic carbocycles. The number of fused-ring (bicyclic) bond motifs is 1. The van der Waals surface area contributed by atoms with Gasteiger partial charge in [0.05, 0.1) is 0 Å². The van der Waals surface area contributed by atoms with Gasteiger partial charge in [-0.1, -0.05) is 0 Å². The summed E-state index contributed by atoms with van der Waals surface area (Å²) in [6.07, 6.45) is 4.61. The summed E-state index contributed by atoms with van der Waals surface area (Å²) in [6.45, 7) is 0. The predicted molar refractivity (Wildman–Crippen MR) is 39.2 cm³/mol. The summed E-state index contributed by atoms with van der Waals surface area (Å²) in [5, 5.41) is 8.41. The molecule has 1 aliphatic rings. The predicted octanol–water partition coefficient (Wildman–Crippen LogP) is 1.57. The zero-order valence-corrected chi connectivity index (χ0v) is 6.36. The van der Waals surface area contributed by atoms with Crippen LogP contribution in [0.1, 0.15) is 24.1 Å². The molecule has 0 radical (unpaired) electrons. The molecular weight excluding hydrogens is 148 g/mol. The molecule has 0 fully saturated rings. The van der Waals surface area contributed by atoms with E-state index in [0.717, 1.165) is 18.5 Å². The number of rotatable bonds is 0. The zero-order valence-electron chi connectivity index (χ0n) is 5.60. The van der Waals surface area contributed by atoms with E-state index in [9.17, 15) is 0 Å². The molecule has 0 saturated carbocycles. The third-order valence-electron chi connectivity index (χ3n) is 1.95. The van der Waals surface area contributed by atoms with Gasteiger partial charge >= 0.3 is 0 Å². The lowest BCUT2D eigenvalue weighted by molar-refractivity contribution is 0.674. The van der Waals surface area contributed by atoms with Gasteiger partial charge in [0.25, 0.3) is 0 Å². The average molecular weight is 156 g/mol. The van der Waals surface area contributed by atoms with E-state index in [1.165, 1.54) is 18.4 Å². The molecule has 0 aliphatic heterocycles. The molecule has 54 valence electrons. The summed E-state index contributed by atoms with van der Waals surface area (Å²) < 4.78 is 0. The quantitative estimate of drug-likeness (QED) is 0.569. The highest BCUT2D eigenvalue weighted by atomic mass is 35.5. The number of aromatic nitrogens is 2. The highest BCUT2D eigenvalue weighted by Gasteiger charge is 2.09. The molecule has 2 rings (SSSR count). The molecule has 0 atom stereocenters. The minimum atomic E-state index is 0.620. The first-order valence-corrected chi connectivity index (χ1v) is 3.92. The SMILES string of the molecule is Clc1[n-]nc2c1CCCC2. The van der Waals surface area contributed by atoms with Gasteiger partial charge in [0.2, 0.25) is 0 Å². The van der Waals surface area contributed by atoms with Crippen molar-refractivity contribution >= 4 is 11.6 Å². The smallest absolute Gasteiger partial charge is 0.0207 e. The van der Waals surface area contributed by atoms with Crippen molar-refractivity contribution in [2.75, 3.05) is 0 Å². The van der Waals surface area contributed by atoms with Crippen LogP contribution in [0.3, 0.4) is 0 Å². The second-order valence-electron chi connectivity index (χ2n) is 2.62. The highest BCUT2D eigenvalue weighted by molar-refractivity contribution is 6.30. The van der Waals surface area contributed by atoms with Crippen LogP contribution in [-0.2, 0) is 12.8 Å². The molecule has 3 heteroatoms. The Kier molecular flexibility index (Phi) is 1.42. The van der Waals surface area contributed by atoms with E-state index in [-0.39, 0.29) is 0 Å². The highest BCUT2D eigenvalue weighted by Crippen LogP contribution is 2.24. The van der Waals surface area contributed by atoms with Gasteiger partial charge < -0.3 is 10.2 Å². The van der Waals surface area contributed by atoms with Gasteiger partial charge in [0, 0.05) is 5.69 Å². The molecule has 10 heavy (non-hydrogen) atoms. The molecule has 1 heterocycles. The van der Waals surface area contributed by atoms with Gasteiger partial charge in [-0.2, -0.15) is 0 Å². The van der Waals surface area contributed by atoms with Crippen molar-refractivity contribution in [2.45, 2.75) is 25.7 Å². The van der Waals surface area contributed by atoms with Crippen LogP contribution in [0.5, 0.6) is 0 Å². The van der Waals surface area contributed by atoms with Crippen LogP contribution in [0.25, 0.3) is 0 Å². The van der Waals surface area contributed by atoms with E-state index >= 15 is 0 Å². The molecule has 0 spiro atoms. The van der Waals surface area contributed by atoms with Crippen LogP contribution in [0.15, 0.2) is 0 Å². The number of nitrogens with zero attached hydrogens (tertiary/aromatic N) is 2. The molecule has 0 aromatic carbocycles. The first-order valence-electron chi connectivity index (χ1n) is 3.54. The maximum absolute atomic E-state index is 5.78. The van der Waals surface area contributed by atoms with Crippen molar-refractivity contribution in [2.24, 2.45) is 0 Å². The van der Waals surface area contributed by atoms with E-state index in [1.54, 1.807) is 0 Å². The van der Waals surface area contributed by atoms with E-state index in [0.29, 0.717) is 5.15 Å². The van der Waals surface area contributed by atoms with Gasteiger partial charge in [-0.3, -0.25) is 0 Å². The standard InChI is InChI=1S/C7H8ClN2/c8-7-5-3-1-2-4-6(5)9-10-7/h1-4H2/q-1. The monoisotopic (exact) mass is 155 g/mol. The van der Waals surface area contributed by atoms with Crippen LogP contribution in [0.4, 0.5) is 0 Å². The largest absolute Gasteiger partial charge is 0.565 e. The Bertz CT molecular complexity index is 242. The maximum atomic E-state index is 5.78. The summed E-state index contributed by atoms with van der Waals surface area (Å²) >= 11 is 5.78. The lowest BCUT2D eigenvalue weighted by Gasteiger charge is -2.11. The van der Waals surface area contributed by atoms with Crippen molar-refractivity contribution in [1.29, 1.82) is 0 Å². The molecule has 0 N–H and O–H groups in total. The minimum absolute atomic E-state index is 0.620. The number of hydrogen-bond donors (Lipinski definition) is 0. The maximum Gasteiger partial charge on any atom is 0.0207 e. The number of aryl methyl sites for hydroxylation is 1. The molecule has 0 amide bonds. The fourth-order valence-corrected chi connectivity index (χ4v) is 1.63. The van der Waals surface area contributed by atoms with Crippen molar-refractivity contribution in [3.8, 4) is 0 Å². The van der Waals surface area contributed by atoms with Gasteiger partial charge in [0.1, 0.15) is 0 Å². The third-order valence-corrected chi connectivity index (χ3v) is 2.25. The summed E-state index contributed by atoms with van der Waals surface area (Å²) in [7, 11) is 0. The summed E-state index contributed by atoms with van der Waals surface area (Å²) in [5.41, 5.74) is 2.31. The molecule has 0 unspecified atom stereocenters. The normalized spacial score (nSPS) is 16.9. The van der Waals surface area contributed by atoms with Crippen LogP contribution >= 0.6 is 11.6 Å². The number of halogens is 1. The first-order chi connectivity index (χ1) is 4.88. The van der Waals surface area contributed by atoms with Gasteiger partial charge in [-0.25, -0.2) is 0 Å². The Balaban J connectivity index is 2.45. The topological polar surface area (TPSA) is 27.0 Å². The molecule has 1 aromatic heterocycles. The molecule has 0 saturated heterocycles. The van der Waals surface area contributed by atoms with Crippen LogP contribution in [0.2, 0.25) is 5.15 Å².